The molecule has 2 heteroatoms. The predicted molar refractivity (Wildman–Crippen MR) is 66.4 cm³/mol. The van der Waals surface area contributed by atoms with Gasteiger partial charge >= 0.3 is 0 Å². The number of rotatable bonds is 2. The van der Waals surface area contributed by atoms with E-state index in [2.05, 4.69) is 50.1 Å². The zero-order valence-corrected chi connectivity index (χ0v) is 10.3. The quantitative estimate of drug-likeness (QED) is 0.534. The largest absolute Gasteiger partial charge is 0.303 e. The van der Waals surface area contributed by atoms with Crippen LogP contribution in [0.1, 0.15) is 31.9 Å². The molecule has 0 heterocycles. The summed E-state index contributed by atoms with van der Waals surface area (Å²) in [5.41, 5.74) is 2.71. The van der Waals surface area contributed by atoms with Crippen LogP contribution in [0.4, 0.5) is 0 Å². The molecule has 2 nitrogen and oxygen atoms in total. The van der Waals surface area contributed by atoms with Gasteiger partial charge in [-0.15, -0.1) is 0 Å². The van der Waals surface area contributed by atoms with Crippen molar-refractivity contribution >= 4 is 6.21 Å². The Balaban J connectivity index is 2.82. The average Bonchev–Trinajstić information content (AvgIpc) is 2.14. The maximum Gasteiger partial charge on any atom is 0.0542 e. The molecule has 82 valence electrons. The molecule has 0 N–H and O–H groups in total. The van der Waals surface area contributed by atoms with Crippen molar-refractivity contribution in [2.75, 3.05) is 14.1 Å². The van der Waals surface area contributed by atoms with Crippen LogP contribution in [0.5, 0.6) is 0 Å². The Morgan fingerprint density at radius 2 is 1.60 bits per heavy atom. The second kappa shape index (κ2) is 4.47. The van der Waals surface area contributed by atoms with E-state index in [9.17, 15) is 0 Å². The first-order valence-electron chi connectivity index (χ1n) is 5.21. The lowest BCUT2D eigenvalue weighted by Crippen LogP contribution is -2.10. The van der Waals surface area contributed by atoms with Gasteiger partial charge in [-0.3, -0.25) is 0 Å². The summed E-state index contributed by atoms with van der Waals surface area (Å²) in [4.78, 5) is 0. The Bertz CT molecular complexity index is 329. The van der Waals surface area contributed by atoms with E-state index in [1.165, 1.54) is 5.56 Å². The van der Waals surface area contributed by atoms with E-state index in [1.54, 1.807) is 5.01 Å². The topological polar surface area (TPSA) is 15.6 Å². The van der Waals surface area contributed by atoms with Gasteiger partial charge in [0.05, 0.1) is 6.21 Å². The van der Waals surface area contributed by atoms with Crippen LogP contribution in [0.15, 0.2) is 29.4 Å². The van der Waals surface area contributed by atoms with Crippen molar-refractivity contribution in [1.82, 2.24) is 5.01 Å². The molecule has 15 heavy (non-hydrogen) atoms. The summed E-state index contributed by atoms with van der Waals surface area (Å²) in [6, 6.07) is 8.54. The van der Waals surface area contributed by atoms with E-state index in [-0.39, 0.29) is 5.41 Å². The molecule has 0 saturated carbocycles. The van der Waals surface area contributed by atoms with Crippen molar-refractivity contribution in [3.8, 4) is 0 Å². The molecule has 0 atom stereocenters. The summed E-state index contributed by atoms with van der Waals surface area (Å²) in [6.07, 6.45) is 1.87. The fourth-order valence-electron chi connectivity index (χ4n) is 1.25. The van der Waals surface area contributed by atoms with E-state index in [0.29, 0.717) is 0 Å². The summed E-state index contributed by atoms with van der Waals surface area (Å²) >= 11 is 0. The maximum absolute atomic E-state index is 4.19. The van der Waals surface area contributed by atoms with Gasteiger partial charge in [-0.1, -0.05) is 45.0 Å². The van der Waals surface area contributed by atoms with E-state index < -0.39 is 0 Å². The van der Waals surface area contributed by atoms with Gasteiger partial charge in [0.25, 0.3) is 0 Å². The Hall–Kier alpha value is -1.31. The van der Waals surface area contributed by atoms with Crippen LogP contribution in [0.3, 0.4) is 0 Å². The smallest absolute Gasteiger partial charge is 0.0542 e. The van der Waals surface area contributed by atoms with Crippen LogP contribution < -0.4 is 0 Å². The van der Waals surface area contributed by atoms with Crippen LogP contribution in [-0.4, -0.2) is 25.3 Å². The molecule has 0 radical (unpaired) electrons. The summed E-state index contributed by atoms with van der Waals surface area (Å²) in [5, 5.41) is 5.98. The molecular formula is C13H20N2. The van der Waals surface area contributed by atoms with E-state index in [1.807, 2.05) is 20.3 Å². The van der Waals surface area contributed by atoms with Crippen molar-refractivity contribution in [2.24, 2.45) is 5.10 Å². The van der Waals surface area contributed by atoms with Crippen molar-refractivity contribution in [3.05, 3.63) is 35.4 Å². The monoisotopic (exact) mass is 204 g/mol. The van der Waals surface area contributed by atoms with Crippen LogP contribution in [0, 0.1) is 0 Å². The lowest BCUT2D eigenvalue weighted by Gasteiger charge is -2.18. The second-order valence-electron chi connectivity index (χ2n) is 4.96. The molecular weight excluding hydrogens is 184 g/mol. The molecule has 0 aliphatic carbocycles. The minimum Gasteiger partial charge on any atom is -0.303 e. The summed E-state index contributed by atoms with van der Waals surface area (Å²) in [5.74, 6) is 0. The van der Waals surface area contributed by atoms with Gasteiger partial charge < -0.3 is 5.01 Å². The first-order valence-corrected chi connectivity index (χ1v) is 5.21. The van der Waals surface area contributed by atoms with Crippen molar-refractivity contribution in [3.63, 3.8) is 0 Å². The lowest BCUT2D eigenvalue weighted by molar-refractivity contribution is 0.440. The Morgan fingerprint density at radius 3 is 2.00 bits per heavy atom. The molecule has 0 fully saturated rings. The molecule has 0 saturated heterocycles. The predicted octanol–water partition coefficient (Wildman–Crippen LogP) is 2.88. The average molecular weight is 204 g/mol. The summed E-state index contributed by atoms with van der Waals surface area (Å²) < 4.78 is 0. The van der Waals surface area contributed by atoms with Crippen molar-refractivity contribution in [2.45, 2.75) is 26.2 Å². The zero-order chi connectivity index (χ0) is 11.5. The minimum atomic E-state index is 0.219. The normalized spacial score (nSPS) is 12.1. The van der Waals surface area contributed by atoms with Crippen molar-refractivity contribution in [1.29, 1.82) is 0 Å². The van der Waals surface area contributed by atoms with Gasteiger partial charge in [0.2, 0.25) is 0 Å². The highest BCUT2D eigenvalue weighted by Crippen LogP contribution is 2.21. The molecule has 1 aromatic carbocycles. The standard InChI is InChI=1S/C13H20N2/c1-13(2,3)12-8-6-11(7-9-12)10-14-15(4)5/h6-10H,1-5H3/b14-10+. The Morgan fingerprint density at radius 1 is 1.07 bits per heavy atom. The fraction of sp³-hybridized carbons (Fsp3) is 0.462. The number of nitrogens with zero attached hydrogens (tertiary/aromatic N) is 2. The molecule has 0 amide bonds. The van der Waals surface area contributed by atoms with Gasteiger partial charge in [0, 0.05) is 14.1 Å². The second-order valence-corrected chi connectivity index (χ2v) is 4.96. The first kappa shape index (κ1) is 11.8. The minimum absolute atomic E-state index is 0.219. The molecule has 0 aliphatic rings. The SMILES string of the molecule is CN(C)/N=C/c1ccc(C(C)(C)C)cc1. The van der Waals surface area contributed by atoms with Crippen LogP contribution >= 0.6 is 0 Å². The van der Waals surface area contributed by atoms with Crippen LogP contribution in [-0.2, 0) is 5.41 Å². The third-order valence-electron chi connectivity index (χ3n) is 2.21. The Kier molecular flexibility index (Phi) is 3.51. The highest BCUT2D eigenvalue weighted by Gasteiger charge is 2.12. The number of hydrazone groups is 1. The van der Waals surface area contributed by atoms with Gasteiger partial charge in [0.15, 0.2) is 0 Å². The van der Waals surface area contributed by atoms with Gasteiger partial charge in [-0.25, -0.2) is 0 Å². The Labute approximate surface area is 92.6 Å². The highest BCUT2D eigenvalue weighted by molar-refractivity contribution is 5.79. The fourth-order valence-corrected chi connectivity index (χ4v) is 1.25. The van der Waals surface area contributed by atoms with Gasteiger partial charge in [-0.05, 0) is 16.5 Å². The maximum atomic E-state index is 4.19. The zero-order valence-electron chi connectivity index (χ0n) is 10.3. The van der Waals surface area contributed by atoms with E-state index in [0.717, 1.165) is 5.56 Å². The molecule has 1 aromatic rings. The van der Waals surface area contributed by atoms with Crippen LogP contribution in [0.25, 0.3) is 0 Å². The molecule has 1 rings (SSSR count). The lowest BCUT2D eigenvalue weighted by atomic mass is 9.87. The molecule has 0 spiro atoms. The third kappa shape index (κ3) is 3.74. The molecule has 0 aromatic heterocycles. The first-order chi connectivity index (χ1) is 6.89. The molecule has 0 bridgehead atoms. The molecule has 0 unspecified atom stereocenters. The van der Waals surface area contributed by atoms with Gasteiger partial charge in [-0.2, -0.15) is 5.10 Å². The highest BCUT2D eigenvalue weighted by atomic mass is 15.4. The van der Waals surface area contributed by atoms with E-state index >= 15 is 0 Å². The summed E-state index contributed by atoms with van der Waals surface area (Å²) in [7, 11) is 3.83. The van der Waals surface area contributed by atoms with Gasteiger partial charge in [0.1, 0.15) is 0 Å². The molecule has 0 aliphatic heterocycles. The third-order valence-corrected chi connectivity index (χ3v) is 2.21. The number of benzene rings is 1. The number of hydrogen-bond acceptors (Lipinski definition) is 2. The van der Waals surface area contributed by atoms with E-state index in [4.69, 9.17) is 0 Å². The van der Waals surface area contributed by atoms with Crippen molar-refractivity contribution < 1.29 is 0 Å². The van der Waals surface area contributed by atoms with Crippen LogP contribution in [0.2, 0.25) is 0 Å². The summed E-state index contributed by atoms with van der Waals surface area (Å²) in [6.45, 7) is 6.65. The number of hydrogen-bond donors (Lipinski definition) is 0.